The highest BCUT2D eigenvalue weighted by Gasteiger charge is 2.26. The van der Waals surface area contributed by atoms with Gasteiger partial charge in [-0.2, -0.15) is 0 Å². The summed E-state index contributed by atoms with van der Waals surface area (Å²) in [6, 6.07) is 27.0. The third-order valence-electron chi connectivity index (χ3n) is 12.6. The highest BCUT2D eigenvalue weighted by molar-refractivity contribution is 7.89. The first-order valence-electron chi connectivity index (χ1n) is 25.0. The van der Waals surface area contributed by atoms with Crippen LogP contribution >= 0.6 is 0 Å². The van der Waals surface area contributed by atoms with E-state index < -0.39 is 39.9 Å². The van der Waals surface area contributed by atoms with Crippen LogP contribution in [0.25, 0.3) is 66.8 Å². The number of aryl methyl sites for hydroxylation is 1. The molecule has 0 aliphatic heterocycles. The summed E-state index contributed by atoms with van der Waals surface area (Å²) in [7, 11) is -2.36. The number of nitrogens with one attached hydrogen (secondary N) is 6. The molecule has 17 nitrogen and oxygen atoms in total. The van der Waals surface area contributed by atoms with E-state index in [1.165, 1.54) is 24.5 Å². The van der Waals surface area contributed by atoms with Crippen LogP contribution in [0.3, 0.4) is 0 Å². The number of nitrogens with zero attached hydrogens (tertiary/aromatic N) is 2. The second-order valence-corrected chi connectivity index (χ2v) is 20.6. The van der Waals surface area contributed by atoms with Gasteiger partial charge >= 0.3 is 11.9 Å². The first kappa shape index (κ1) is 54.7. The number of hydrogen-bond donors (Lipinski definition) is 7. The van der Waals surface area contributed by atoms with Crippen LogP contribution in [-0.4, -0.2) is 96.2 Å². The molecule has 4 aromatic heterocycles. The molecule has 0 unspecified atom stereocenters. The number of amides is 2. The number of aliphatic hydroxyl groups excluding tert-OH is 1. The number of likely N-dealkylation sites (N-methyl/N-ethyl adjacent to an activating group) is 1. The lowest BCUT2D eigenvalue weighted by atomic mass is 9.91. The van der Waals surface area contributed by atoms with E-state index in [2.05, 4.69) is 53.8 Å². The van der Waals surface area contributed by atoms with Crippen LogP contribution in [0.2, 0.25) is 0 Å². The van der Waals surface area contributed by atoms with Crippen molar-refractivity contribution in [2.75, 3.05) is 37.4 Å². The Hall–Kier alpha value is -8.55. The van der Waals surface area contributed by atoms with Gasteiger partial charge < -0.3 is 40.5 Å². The molecule has 0 aliphatic rings. The van der Waals surface area contributed by atoms with Crippen LogP contribution in [0.1, 0.15) is 70.7 Å². The van der Waals surface area contributed by atoms with Crippen LogP contribution in [0, 0.1) is 6.92 Å². The number of aliphatic hydroxyl groups is 1. The van der Waals surface area contributed by atoms with E-state index in [-0.39, 0.29) is 41.7 Å². The van der Waals surface area contributed by atoms with E-state index >= 15 is 0 Å². The molecular weight excluding hydrogens is 997 g/mol. The summed E-state index contributed by atoms with van der Waals surface area (Å²) in [6.07, 6.45) is 4.93. The van der Waals surface area contributed by atoms with Crippen molar-refractivity contribution in [1.82, 2.24) is 30.0 Å². The van der Waals surface area contributed by atoms with E-state index in [1.807, 2.05) is 67.6 Å². The van der Waals surface area contributed by atoms with Crippen LogP contribution in [0.5, 0.6) is 0 Å². The Morgan fingerprint density at radius 3 is 1.79 bits per heavy atom. The molecular formula is C59H60N8O9S. The van der Waals surface area contributed by atoms with Gasteiger partial charge in [-0.15, -0.1) is 0 Å². The average Bonchev–Trinajstić information content (AvgIpc) is 4.04. The molecule has 4 heterocycles. The molecule has 0 atom stereocenters. The van der Waals surface area contributed by atoms with E-state index in [4.69, 9.17) is 9.47 Å². The summed E-state index contributed by atoms with van der Waals surface area (Å²) in [5, 5.41) is 19.6. The van der Waals surface area contributed by atoms with Crippen LogP contribution in [-0.2, 0) is 41.9 Å². The molecule has 396 valence electrons. The Morgan fingerprint density at radius 2 is 1.22 bits per heavy atom. The van der Waals surface area contributed by atoms with Gasteiger partial charge in [0.05, 0.1) is 39.6 Å². The second kappa shape index (κ2) is 23.6. The number of H-pyrrole nitrogens is 2. The minimum atomic E-state index is -4.08. The van der Waals surface area contributed by atoms with Crippen molar-refractivity contribution in [1.29, 1.82) is 0 Å². The SMILES string of the molecule is C=CC(=O)Nc1cc(-c2c(-c3ccc(S(=O)(=O)NCCNC)cc3Cc3ccc(-c4c(-c5ccc(CCO)cc5)[nH]c5ncc(C(=O)OC(C)C)cc45)cc3NC(=O)C=C)[nH]c3ncc(C(=O)OC(C)C)cc23)ccc1C. The number of aromatic amines is 2. The third kappa shape index (κ3) is 12.3. The molecule has 0 saturated heterocycles. The van der Waals surface area contributed by atoms with Gasteiger partial charge in [-0.1, -0.05) is 67.8 Å². The van der Waals surface area contributed by atoms with Gasteiger partial charge in [0.25, 0.3) is 0 Å². The van der Waals surface area contributed by atoms with Crippen LogP contribution in [0.4, 0.5) is 11.4 Å². The van der Waals surface area contributed by atoms with E-state index in [1.54, 1.807) is 59.0 Å². The van der Waals surface area contributed by atoms with E-state index in [9.17, 15) is 32.7 Å². The van der Waals surface area contributed by atoms with Crippen molar-refractivity contribution >= 4 is 67.2 Å². The number of anilines is 2. The van der Waals surface area contributed by atoms with Crippen LogP contribution < -0.4 is 20.7 Å². The largest absolute Gasteiger partial charge is 0.459 e. The van der Waals surface area contributed by atoms with Crippen molar-refractivity contribution in [3.63, 3.8) is 0 Å². The third-order valence-corrected chi connectivity index (χ3v) is 14.1. The summed E-state index contributed by atoms with van der Waals surface area (Å²) in [4.78, 5) is 69.1. The molecule has 4 aromatic carbocycles. The Balaban J connectivity index is 1.36. The van der Waals surface area contributed by atoms with Gasteiger partial charge in [0.15, 0.2) is 0 Å². The zero-order chi connectivity index (χ0) is 55.1. The molecule has 77 heavy (non-hydrogen) atoms. The van der Waals surface area contributed by atoms with Crippen molar-refractivity contribution in [2.24, 2.45) is 0 Å². The molecule has 8 aromatic rings. The highest BCUT2D eigenvalue weighted by atomic mass is 32.2. The summed E-state index contributed by atoms with van der Waals surface area (Å²) in [6.45, 7) is 16.7. The van der Waals surface area contributed by atoms with Gasteiger partial charge in [-0.25, -0.2) is 32.7 Å². The molecule has 0 spiro atoms. The number of rotatable bonds is 21. The zero-order valence-corrected chi connectivity index (χ0v) is 44.4. The maximum atomic E-state index is 14.0. The number of carbonyl (C=O) groups is 4. The molecule has 0 bridgehead atoms. The van der Waals surface area contributed by atoms with Gasteiger partial charge in [0.1, 0.15) is 11.3 Å². The van der Waals surface area contributed by atoms with Gasteiger partial charge in [-0.05, 0) is 136 Å². The van der Waals surface area contributed by atoms with Gasteiger partial charge in [0, 0.05) is 77.3 Å². The average molecular weight is 1060 g/mol. The molecule has 2 amide bonds. The van der Waals surface area contributed by atoms with Gasteiger partial charge in [0.2, 0.25) is 21.8 Å². The maximum Gasteiger partial charge on any atom is 0.339 e. The van der Waals surface area contributed by atoms with Crippen molar-refractivity contribution in [3.8, 4) is 44.8 Å². The zero-order valence-electron chi connectivity index (χ0n) is 43.6. The molecule has 0 radical (unpaired) electrons. The van der Waals surface area contributed by atoms with Gasteiger partial charge in [-0.3, -0.25) is 9.59 Å². The quantitative estimate of drug-likeness (QED) is 0.0202. The molecule has 0 aliphatic carbocycles. The Morgan fingerprint density at radius 1 is 0.675 bits per heavy atom. The summed E-state index contributed by atoms with van der Waals surface area (Å²) in [5.41, 5.74) is 10.0. The molecule has 7 N–H and O–H groups in total. The Labute approximate surface area is 446 Å². The van der Waals surface area contributed by atoms with Crippen molar-refractivity contribution in [2.45, 2.75) is 64.6 Å². The fourth-order valence-corrected chi connectivity index (χ4v) is 10.0. The summed E-state index contributed by atoms with van der Waals surface area (Å²) in [5.74, 6) is -2.06. The number of fused-ring (bicyclic) bond motifs is 2. The Kier molecular flexibility index (Phi) is 16.7. The first-order valence-corrected chi connectivity index (χ1v) is 26.4. The highest BCUT2D eigenvalue weighted by Crippen LogP contribution is 2.44. The predicted octanol–water partition coefficient (Wildman–Crippen LogP) is 9.42. The molecule has 0 saturated carbocycles. The number of hydrogen-bond acceptors (Lipinski definition) is 12. The predicted molar refractivity (Wildman–Crippen MR) is 300 cm³/mol. The summed E-state index contributed by atoms with van der Waals surface area (Å²) < 4.78 is 41.9. The normalized spacial score (nSPS) is 11.5. The molecule has 18 heteroatoms. The minimum Gasteiger partial charge on any atom is -0.459 e. The van der Waals surface area contributed by atoms with Crippen LogP contribution in [0.15, 0.2) is 134 Å². The number of sulfonamides is 1. The minimum absolute atomic E-state index is 0.0146. The van der Waals surface area contributed by atoms with Crippen molar-refractivity contribution < 1.29 is 42.2 Å². The number of esters is 2. The standard InChI is InChI=1S/C59H60N8O9S/c1-9-50(69)64-48-29-39(14-11-35(48)7)53-47-28-43(59(72)76-34(5)6)32-62-57(47)67-55(53)45-20-19-44(77(73,74)63-23-22-60-8)26-41(45)25-38-17-18-40(30-49(38)65-51(70)10-2)52-46-27-42(58(71)75-33(3)4)31-61-56(46)66-54(52)37-15-12-36(13-16-37)21-24-68/h9-20,26-34,60,63,68H,1-2,21-25H2,3-8H3,(H,61,66)(H,62,67)(H,64,69)(H,65,70). The Bertz CT molecular complexity index is 3710. The topological polar surface area (TPSA) is 247 Å². The van der Waals surface area contributed by atoms with Crippen molar-refractivity contribution in [3.05, 3.63) is 162 Å². The summed E-state index contributed by atoms with van der Waals surface area (Å²) >= 11 is 0. The van der Waals surface area contributed by atoms with E-state index in [0.717, 1.165) is 22.8 Å². The molecule has 8 rings (SSSR count). The number of benzene rings is 4. The molecule has 0 fully saturated rings. The number of pyridine rings is 2. The lowest BCUT2D eigenvalue weighted by molar-refractivity contribution is -0.112. The number of aromatic nitrogens is 4. The fourth-order valence-electron chi connectivity index (χ4n) is 8.92. The first-order chi connectivity index (χ1) is 36.9. The van der Waals surface area contributed by atoms with E-state index in [0.29, 0.717) is 96.7 Å². The lowest BCUT2D eigenvalue weighted by Crippen LogP contribution is -2.30. The monoisotopic (exact) mass is 1060 g/mol. The number of carbonyl (C=O) groups excluding carboxylic acids is 4. The number of ether oxygens (including phenoxy) is 2. The second-order valence-electron chi connectivity index (χ2n) is 18.9. The lowest BCUT2D eigenvalue weighted by Gasteiger charge is -2.18. The maximum absolute atomic E-state index is 14.0. The fraction of sp³-hybridized carbons (Fsp3) is 0.220. The smallest absolute Gasteiger partial charge is 0.339 e.